The van der Waals surface area contributed by atoms with Crippen LogP contribution in [0.3, 0.4) is 0 Å². The van der Waals surface area contributed by atoms with E-state index in [0.717, 1.165) is 39.1 Å². The van der Waals surface area contributed by atoms with Crippen molar-refractivity contribution < 1.29 is 28.1 Å². The fourth-order valence-corrected chi connectivity index (χ4v) is 7.78. The van der Waals surface area contributed by atoms with E-state index in [-0.39, 0.29) is 36.0 Å². The Labute approximate surface area is 299 Å². The Hall–Kier alpha value is -4.89. The van der Waals surface area contributed by atoms with Crippen molar-refractivity contribution in [1.29, 1.82) is 0 Å². The van der Waals surface area contributed by atoms with Crippen LogP contribution in [-0.4, -0.2) is 50.7 Å². The number of thioether (sulfide) groups is 1. The number of hydrogen-bond acceptors (Lipinski definition) is 10. The molecule has 1 aromatic heterocycles. The first-order chi connectivity index (χ1) is 24.9. The standard InChI is InChI=1S/C38H35N5O6S2/c44-24-26-10-12-28(13-11-26)36-22-33(25-50-38-40-41-42-43(38)31-18-20-32(45)21-19-31)48-37(49-36)29-16-14-27(15-17-29)35-9-5-4-6-30(35)23-39-51(46,47)34-7-2-1-3-8-34/h1-21,33,36-37,39,44-45H,22-25H2. The smallest absolute Gasteiger partial charge is 0.240 e. The molecule has 1 fully saturated rings. The van der Waals surface area contributed by atoms with E-state index in [4.69, 9.17) is 9.47 Å². The van der Waals surface area contributed by atoms with Crippen molar-refractivity contribution in [3.8, 4) is 22.6 Å². The molecule has 3 N–H and O–H groups in total. The highest BCUT2D eigenvalue weighted by molar-refractivity contribution is 7.99. The molecule has 0 amide bonds. The van der Waals surface area contributed by atoms with Crippen molar-refractivity contribution >= 4 is 21.8 Å². The summed E-state index contributed by atoms with van der Waals surface area (Å²) < 4.78 is 43.2. The largest absolute Gasteiger partial charge is 0.508 e. The lowest BCUT2D eigenvalue weighted by atomic mass is 9.98. The zero-order chi connectivity index (χ0) is 35.2. The number of phenolic OH excluding ortho intramolecular Hbond substituents is 1. The molecule has 0 aliphatic carbocycles. The summed E-state index contributed by atoms with van der Waals surface area (Å²) in [7, 11) is -3.67. The van der Waals surface area contributed by atoms with Crippen LogP contribution in [0, 0.1) is 0 Å². The normalized spacial score (nSPS) is 17.7. The minimum absolute atomic E-state index is 0.0407. The lowest BCUT2D eigenvalue weighted by Gasteiger charge is -2.36. The molecule has 0 saturated carbocycles. The molecule has 2 heterocycles. The van der Waals surface area contributed by atoms with Gasteiger partial charge in [0.25, 0.3) is 0 Å². The van der Waals surface area contributed by atoms with Crippen LogP contribution in [-0.2, 0) is 32.6 Å². The quantitative estimate of drug-likeness (QED) is 0.122. The number of tetrazole rings is 1. The molecule has 1 aliphatic rings. The highest BCUT2D eigenvalue weighted by atomic mass is 32.2. The molecule has 5 aromatic carbocycles. The lowest BCUT2D eigenvalue weighted by molar-refractivity contribution is -0.245. The Morgan fingerprint density at radius 3 is 2.27 bits per heavy atom. The number of nitrogens with zero attached hydrogens (tertiary/aromatic N) is 4. The van der Waals surface area contributed by atoms with Gasteiger partial charge < -0.3 is 19.7 Å². The minimum Gasteiger partial charge on any atom is -0.508 e. The molecule has 13 heteroatoms. The average Bonchev–Trinajstić information content (AvgIpc) is 3.66. The summed E-state index contributed by atoms with van der Waals surface area (Å²) in [4.78, 5) is 0.217. The van der Waals surface area contributed by atoms with Gasteiger partial charge in [-0.15, -0.1) is 5.10 Å². The second-order valence-corrected chi connectivity index (χ2v) is 14.7. The van der Waals surface area contributed by atoms with Crippen LogP contribution in [0.5, 0.6) is 5.75 Å². The number of phenols is 1. The van der Waals surface area contributed by atoms with Crippen molar-refractivity contribution in [2.75, 3.05) is 5.75 Å². The second-order valence-electron chi connectivity index (χ2n) is 12.0. The molecule has 6 aromatic rings. The first-order valence-corrected chi connectivity index (χ1v) is 18.8. The molecule has 3 atom stereocenters. The number of sulfonamides is 1. The average molecular weight is 722 g/mol. The van der Waals surface area contributed by atoms with Crippen LogP contribution in [0.4, 0.5) is 0 Å². The number of aromatic hydroxyl groups is 1. The second kappa shape index (κ2) is 15.6. The zero-order valence-corrected chi connectivity index (χ0v) is 29.0. The molecule has 11 nitrogen and oxygen atoms in total. The molecular weight excluding hydrogens is 687 g/mol. The van der Waals surface area contributed by atoms with E-state index in [1.807, 2.05) is 72.8 Å². The molecule has 260 valence electrons. The Morgan fingerprint density at radius 1 is 0.824 bits per heavy atom. The summed E-state index contributed by atoms with van der Waals surface area (Å²) in [6.07, 6.45) is -0.568. The predicted molar refractivity (Wildman–Crippen MR) is 192 cm³/mol. The maximum absolute atomic E-state index is 12.9. The van der Waals surface area contributed by atoms with Gasteiger partial charge >= 0.3 is 0 Å². The minimum atomic E-state index is -3.67. The number of aromatic nitrogens is 4. The van der Waals surface area contributed by atoms with Crippen LogP contribution in [0.2, 0.25) is 0 Å². The van der Waals surface area contributed by atoms with Gasteiger partial charge in [-0.1, -0.05) is 103 Å². The molecule has 0 spiro atoms. The van der Waals surface area contributed by atoms with E-state index in [1.165, 1.54) is 11.8 Å². The number of aliphatic hydroxyl groups is 1. The maximum Gasteiger partial charge on any atom is 0.240 e. The van der Waals surface area contributed by atoms with Gasteiger partial charge in [0.1, 0.15) is 5.75 Å². The molecule has 1 saturated heterocycles. The van der Waals surface area contributed by atoms with E-state index in [9.17, 15) is 18.6 Å². The van der Waals surface area contributed by atoms with E-state index in [0.29, 0.717) is 17.3 Å². The fraction of sp³-hybridized carbons (Fsp3) is 0.184. The van der Waals surface area contributed by atoms with Gasteiger partial charge in [0.2, 0.25) is 15.2 Å². The highest BCUT2D eigenvalue weighted by Crippen LogP contribution is 2.40. The first-order valence-electron chi connectivity index (χ1n) is 16.3. The van der Waals surface area contributed by atoms with Crippen molar-refractivity contribution in [1.82, 2.24) is 24.9 Å². The fourth-order valence-electron chi connectivity index (χ4n) is 5.85. The maximum atomic E-state index is 12.9. The molecular formula is C38H35N5O6S2. The van der Waals surface area contributed by atoms with Gasteiger partial charge in [-0.25, -0.2) is 13.1 Å². The van der Waals surface area contributed by atoms with Gasteiger partial charge in [0, 0.05) is 24.3 Å². The van der Waals surface area contributed by atoms with E-state index >= 15 is 0 Å². The Balaban J connectivity index is 1.09. The third kappa shape index (κ3) is 8.20. The Bertz CT molecular complexity index is 2160. The van der Waals surface area contributed by atoms with Gasteiger partial charge in [-0.05, 0) is 74.6 Å². The molecule has 7 rings (SSSR count). The van der Waals surface area contributed by atoms with E-state index < -0.39 is 16.3 Å². The van der Waals surface area contributed by atoms with Crippen LogP contribution in [0.25, 0.3) is 16.8 Å². The molecule has 1 aliphatic heterocycles. The van der Waals surface area contributed by atoms with Crippen molar-refractivity contribution in [3.63, 3.8) is 0 Å². The van der Waals surface area contributed by atoms with Gasteiger partial charge in [0.05, 0.1) is 29.4 Å². The molecule has 0 radical (unpaired) electrons. The van der Waals surface area contributed by atoms with Crippen molar-refractivity contribution in [2.24, 2.45) is 0 Å². The lowest BCUT2D eigenvalue weighted by Crippen LogP contribution is -2.31. The Kier molecular flexibility index (Phi) is 10.5. The predicted octanol–water partition coefficient (Wildman–Crippen LogP) is 6.34. The summed E-state index contributed by atoms with van der Waals surface area (Å²) in [5.74, 6) is 0.706. The van der Waals surface area contributed by atoms with Crippen LogP contribution in [0.15, 0.2) is 137 Å². The number of ether oxygens (including phenoxy) is 2. The number of benzene rings is 5. The van der Waals surface area contributed by atoms with Gasteiger partial charge in [0.15, 0.2) is 6.29 Å². The third-order valence-corrected chi connectivity index (χ3v) is 11.0. The SMILES string of the molecule is O=S(=O)(NCc1ccccc1-c1ccc(C2OC(CSc3nnnn3-c3ccc(O)cc3)CC(c3ccc(CO)cc3)O2)cc1)c1ccccc1. The Morgan fingerprint density at radius 2 is 1.53 bits per heavy atom. The molecule has 0 bridgehead atoms. The summed E-state index contributed by atoms with van der Waals surface area (Å²) in [5.41, 5.74) is 6.03. The van der Waals surface area contributed by atoms with Crippen molar-refractivity contribution in [2.45, 2.75) is 48.1 Å². The number of hydrogen-bond donors (Lipinski definition) is 3. The van der Waals surface area contributed by atoms with Crippen LogP contribution < -0.4 is 4.72 Å². The number of rotatable bonds is 12. The highest BCUT2D eigenvalue weighted by Gasteiger charge is 2.33. The van der Waals surface area contributed by atoms with E-state index in [1.54, 1.807) is 59.3 Å². The van der Waals surface area contributed by atoms with Gasteiger partial charge in [-0.3, -0.25) is 0 Å². The van der Waals surface area contributed by atoms with E-state index in [2.05, 4.69) is 20.2 Å². The first kappa shape index (κ1) is 34.6. The number of aliphatic hydroxyl groups excluding tert-OH is 1. The van der Waals surface area contributed by atoms with Crippen LogP contribution in [0.1, 0.15) is 41.1 Å². The molecule has 51 heavy (non-hydrogen) atoms. The third-order valence-electron chi connectivity index (χ3n) is 8.57. The van der Waals surface area contributed by atoms with Crippen molar-refractivity contribution in [3.05, 3.63) is 150 Å². The zero-order valence-electron chi connectivity index (χ0n) is 27.3. The summed E-state index contributed by atoms with van der Waals surface area (Å²) in [5, 5.41) is 32.1. The molecule has 3 unspecified atom stereocenters. The topological polar surface area (TPSA) is 149 Å². The summed E-state index contributed by atoms with van der Waals surface area (Å²) in [6.45, 7) is 0.0943. The summed E-state index contributed by atoms with van der Waals surface area (Å²) >= 11 is 1.47. The van der Waals surface area contributed by atoms with Crippen LogP contribution >= 0.6 is 11.8 Å². The van der Waals surface area contributed by atoms with Gasteiger partial charge in [-0.2, -0.15) is 4.68 Å². The number of nitrogens with one attached hydrogen (secondary N) is 1. The monoisotopic (exact) mass is 721 g/mol. The summed E-state index contributed by atoms with van der Waals surface area (Å²) in [6, 6.07) is 38.3.